The molecule has 0 atom stereocenters. The Morgan fingerprint density at radius 2 is 1.94 bits per heavy atom. The molecule has 0 amide bonds. The van der Waals surface area contributed by atoms with E-state index in [0.717, 1.165) is 21.9 Å². The zero-order valence-electron chi connectivity index (χ0n) is 8.24. The van der Waals surface area contributed by atoms with E-state index < -0.39 is 0 Å². The van der Waals surface area contributed by atoms with Crippen molar-refractivity contribution in [2.24, 2.45) is 0 Å². The number of nitriles is 1. The first kappa shape index (κ1) is 8.74. The minimum atomic E-state index is -0.347. The summed E-state index contributed by atoms with van der Waals surface area (Å²) < 4.78 is 0. The molecule has 1 aromatic carbocycles. The van der Waals surface area contributed by atoms with E-state index >= 15 is 0 Å². The molecular formula is C12H7N3O. The number of hydrogen-bond acceptors (Lipinski definition) is 2. The number of nitrogens with zero attached hydrogens (tertiary/aromatic N) is 1. The molecule has 0 fully saturated rings. The lowest BCUT2D eigenvalue weighted by Crippen LogP contribution is -2.08. The first-order valence-electron chi connectivity index (χ1n) is 4.83. The standard InChI is InChI=1S/C12H7N3O/c13-6-7-5-10-11(15-12(7)16)8-3-1-2-4-9(8)14-10/h1-5,14H,(H,15,16). The number of pyridine rings is 1. The molecule has 3 rings (SSSR count). The fourth-order valence-electron chi connectivity index (χ4n) is 1.88. The van der Waals surface area contributed by atoms with E-state index in [1.807, 2.05) is 30.3 Å². The Labute approximate surface area is 90.1 Å². The molecule has 76 valence electrons. The normalized spacial score (nSPS) is 10.7. The van der Waals surface area contributed by atoms with E-state index in [9.17, 15) is 4.79 Å². The van der Waals surface area contributed by atoms with Gasteiger partial charge in [0.1, 0.15) is 11.6 Å². The molecule has 16 heavy (non-hydrogen) atoms. The molecule has 2 N–H and O–H groups in total. The van der Waals surface area contributed by atoms with Gasteiger partial charge in [-0.15, -0.1) is 0 Å². The van der Waals surface area contributed by atoms with Crippen molar-refractivity contribution in [1.82, 2.24) is 9.97 Å². The van der Waals surface area contributed by atoms with E-state index in [1.54, 1.807) is 6.07 Å². The van der Waals surface area contributed by atoms with Gasteiger partial charge in [0.2, 0.25) is 0 Å². The van der Waals surface area contributed by atoms with Gasteiger partial charge in [0.05, 0.1) is 11.0 Å². The molecule has 0 radical (unpaired) electrons. The molecule has 0 saturated heterocycles. The Morgan fingerprint density at radius 1 is 1.12 bits per heavy atom. The van der Waals surface area contributed by atoms with Gasteiger partial charge in [0.25, 0.3) is 5.56 Å². The lowest BCUT2D eigenvalue weighted by atomic mass is 10.2. The first-order chi connectivity index (χ1) is 7.79. The monoisotopic (exact) mass is 209 g/mol. The van der Waals surface area contributed by atoms with E-state index in [1.165, 1.54) is 0 Å². The molecule has 0 aliphatic carbocycles. The fourth-order valence-corrected chi connectivity index (χ4v) is 1.88. The molecule has 0 aliphatic heterocycles. The third-order valence-corrected chi connectivity index (χ3v) is 2.63. The van der Waals surface area contributed by atoms with Gasteiger partial charge in [0, 0.05) is 10.9 Å². The molecular weight excluding hydrogens is 202 g/mol. The summed E-state index contributed by atoms with van der Waals surface area (Å²) in [7, 11) is 0. The summed E-state index contributed by atoms with van der Waals surface area (Å²) in [6, 6.07) is 11.1. The summed E-state index contributed by atoms with van der Waals surface area (Å²) in [5.74, 6) is 0. The Hall–Kier alpha value is -2.54. The van der Waals surface area contributed by atoms with Crippen LogP contribution in [0.4, 0.5) is 0 Å². The highest BCUT2D eigenvalue weighted by molar-refractivity contribution is 6.04. The lowest BCUT2D eigenvalue weighted by Gasteiger charge is -1.91. The maximum absolute atomic E-state index is 11.5. The number of benzene rings is 1. The highest BCUT2D eigenvalue weighted by atomic mass is 16.1. The topological polar surface area (TPSA) is 72.4 Å². The molecule has 0 aliphatic rings. The van der Waals surface area contributed by atoms with Crippen LogP contribution in [0.15, 0.2) is 35.1 Å². The van der Waals surface area contributed by atoms with Gasteiger partial charge in [-0.1, -0.05) is 18.2 Å². The van der Waals surface area contributed by atoms with Gasteiger partial charge in [-0.25, -0.2) is 0 Å². The van der Waals surface area contributed by atoms with Gasteiger partial charge in [-0.05, 0) is 12.1 Å². The van der Waals surface area contributed by atoms with Crippen molar-refractivity contribution >= 4 is 21.9 Å². The van der Waals surface area contributed by atoms with Gasteiger partial charge in [-0.3, -0.25) is 4.79 Å². The minimum Gasteiger partial charge on any atom is -0.353 e. The van der Waals surface area contributed by atoms with Crippen molar-refractivity contribution < 1.29 is 0 Å². The van der Waals surface area contributed by atoms with E-state index in [4.69, 9.17) is 5.26 Å². The van der Waals surface area contributed by atoms with Crippen molar-refractivity contribution in [3.8, 4) is 6.07 Å². The second-order valence-corrected chi connectivity index (χ2v) is 3.58. The van der Waals surface area contributed by atoms with Crippen LogP contribution in [0.25, 0.3) is 21.9 Å². The van der Waals surface area contributed by atoms with Gasteiger partial charge < -0.3 is 9.97 Å². The van der Waals surface area contributed by atoms with Crippen LogP contribution in [0.3, 0.4) is 0 Å². The number of H-pyrrole nitrogens is 2. The number of nitrogens with one attached hydrogen (secondary N) is 2. The Kier molecular flexibility index (Phi) is 1.62. The average Bonchev–Trinajstić information content (AvgIpc) is 2.66. The number of para-hydroxylation sites is 1. The molecule has 0 unspecified atom stereocenters. The maximum Gasteiger partial charge on any atom is 0.266 e. The Morgan fingerprint density at radius 3 is 2.75 bits per heavy atom. The highest BCUT2D eigenvalue weighted by Crippen LogP contribution is 2.22. The quantitative estimate of drug-likeness (QED) is 0.593. The average molecular weight is 209 g/mol. The minimum absolute atomic E-state index is 0.124. The zero-order valence-corrected chi connectivity index (χ0v) is 8.24. The summed E-state index contributed by atoms with van der Waals surface area (Å²) >= 11 is 0. The molecule has 4 nitrogen and oxygen atoms in total. The molecule has 2 aromatic heterocycles. The van der Waals surface area contributed by atoms with Crippen molar-refractivity contribution in [1.29, 1.82) is 5.26 Å². The van der Waals surface area contributed by atoms with Gasteiger partial charge >= 0.3 is 0 Å². The van der Waals surface area contributed by atoms with Crippen LogP contribution in [-0.4, -0.2) is 9.97 Å². The molecule has 0 bridgehead atoms. The second-order valence-electron chi connectivity index (χ2n) is 3.58. The molecule has 0 saturated carbocycles. The lowest BCUT2D eigenvalue weighted by molar-refractivity contribution is 1.28. The molecule has 3 aromatic rings. The third-order valence-electron chi connectivity index (χ3n) is 2.63. The third kappa shape index (κ3) is 1.06. The van der Waals surface area contributed by atoms with Crippen LogP contribution in [0.5, 0.6) is 0 Å². The molecule has 4 heteroatoms. The first-order valence-corrected chi connectivity index (χ1v) is 4.83. The predicted octanol–water partition coefficient (Wildman–Crippen LogP) is 1.88. The number of aromatic amines is 2. The van der Waals surface area contributed by atoms with E-state index in [0.29, 0.717) is 0 Å². The summed E-state index contributed by atoms with van der Waals surface area (Å²) in [6.07, 6.45) is 0. The Bertz CT molecular complexity index is 789. The van der Waals surface area contributed by atoms with Crippen LogP contribution in [-0.2, 0) is 0 Å². The smallest absolute Gasteiger partial charge is 0.266 e. The van der Waals surface area contributed by atoms with Crippen molar-refractivity contribution in [3.05, 3.63) is 46.2 Å². The van der Waals surface area contributed by atoms with E-state index in [2.05, 4.69) is 9.97 Å². The number of fused-ring (bicyclic) bond motifs is 3. The highest BCUT2D eigenvalue weighted by Gasteiger charge is 2.07. The number of aromatic nitrogens is 2. The van der Waals surface area contributed by atoms with Crippen LogP contribution in [0.2, 0.25) is 0 Å². The second kappa shape index (κ2) is 2.97. The summed E-state index contributed by atoms with van der Waals surface area (Å²) in [5, 5.41) is 9.73. The summed E-state index contributed by atoms with van der Waals surface area (Å²) in [4.78, 5) is 17.4. The van der Waals surface area contributed by atoms with Crippen LogP contribution in [0.1, 0.15) is 5.56 Å². The van der Waals surface area contributed by atoms with Crippen LogP contribution < -0.4 is 5.56 Å². The van der Waals surface area contributed by atoms with Crippen molar-refractivity contribution in [2.75, 3.05) is 0 Å². The molecule has 2 heterocycles. The summed E-state index contributed by atoms with van der Waals surface area (Å²) in [6.45, 7) is 0. The Balaban J connectivity index is 2.57. The van der Waals surface area contributed by atoms with Crippen LogP contribution in [0, 0.1) is 11.3 Å². The predicted molar refractivity (Wildman–Crippen MR) is 61.1 cm³/mol. The zero-order chi connectivity index (χ0) is 11.1. The van der Waals surface area contributed by atoms with E-state index in [-0.39, 0.29) is 11.1 Å². The largest absolute Gasteiger partial charge is 0.353 e. The van der Waals surface area contributed by atoms with Gasteiger partial charge in [0.15, 0.2) is 0 Å². The van der Waals surface area contributed by atoms with Crippen LogP contribution >= 0.6 is 0 Å². The fraction of sp³-hybridized carbons (Fsp3) is 0. The molecule has 0 spiro atoms. The number of hydrogen-bond donors (Lipinski definition) is 2. The summed E-state index contributed by atoms with van der Waals surface area (Å²) in [5.41, 5.74) is 2.25. The maximum atomic E-state index is 11.5. The SMILES string of the molecule is N#Cc1cc2[nH]c3ccccc3c2[nH]c1=O. The van der Waals surface area contributed by atoms with Gasteiger partial charge in [-0.2, -0.15) is 5.26 Å². The van der Waals surface area contributed by atoms with Crippen molar-refractivity contribution in [3.63, 3.8) is 0 Å². The number of rotatable bonds is 0. The van der Waals surface area contributed by atoms with Crippen molar-refractivity contribution in [2.45, 2.75) is 0 Å².